The zero-order chi connectivity index (χ0) is 21.7. The predicted molar refractivity (Wildman–Crippen MR) is 116 cm³/mol. The van der Waals surface area contributed by atoms with E-state index < -0.39 is 10.0 Å². The molecule has 3 aromatic rings. The summed E-state index contributed by atoms with van der Waals surface area (Å²) in [5.41, 5.74) is 13.6. The molecule has 0 spiro atoms. The minimum atomic E-state index is -3.61. The fraction of sp³-hybridized carbons (Fsp3) is 0.450. The molecule has 1 saturated heterocycles. The Morgan fingerprint density at radius 2 is 1.83 bits per heavy atom. The minimum absolute atomic E-state index is 0.0352. The van der Waals surface area contributed by atoms with Gasteiger partial charge in [-0.1, -0.05) is 32.9 Å². The quantitative estimate of drug-likeness (QED) is 0.649. The molecular formula is C20H27N7O2S. The lowest BCUT2D eigenvalue weighted by molar-refractivity contribution is 0.354. The van der Waals surface area contributed by atoms with Crippen molar-refractivity contribution in [3.05, 3.63) is 36.2 Å². The molecule has 1 fully saturated rings. The number of nitrogens with zero attached hydrogens (tertiary/aromatic N) is 5. The Bertz CT molecular complexity index is 1180. The smallest absolute Gasteiger partial charge is 0.243 e. The molecule has 10 heteroatoms. The van der Waals surface area contributed by atoms with Gasteiger partial charge in [0.15, 0.2) is 11.5 Å². The largest absolute Gasteiger partial charge is 0.382 e. The van der Waals surface area contributed by atoms with Crippen LogP contribution < -0.4 is 11.5 Å². The van der Waals surface area contributed by atoms with Gasteiger partial charge in [-0.15, -0.1) is 0 Å². The number of sulfonamides is 1. The summed E-state index contributed by atoms with van der Waals surface area (Å²) in [6.45, 7) is 7.22. The van der Waals surface area contributed by atoms with E-state index in [1.54, 1.807) is 27.3 Å². The van der Waals surface area contributed by atoms with Crippen LogP contribution in [0.25, 0.3) is 11.2 Å². The van der Waals surface area contributed by atoms with Gasteiger partial charge in [0.1, 0.15) is 5.52 Å². The first-order chi connectivity index (χ1) is 14.1. The van der Waals surface area contributed by atoms with E-state index in [4.69, 9.17) is 11.5 Å². The number of nitrogens with two attached hydrogens (primary N) is 2. The zero-order valence-electron chi connectivity index (χ0n) is 17.4. The van der Waals surface area contributed by atoms with E-state index in [0.29, 0.717) is 29.1 Å². The summed E-state index contributed by atoms with van der Waals surface area (Å²) in [6, 6.07) is 6.99. The molecule has 4 N–H and O–H groups in total. The lowest BCUT2D eigenvalue weighted by atomic mass is 9.87. The maximum absolute atomic E-state index is 13.3. The molecule has 2 aromatic heterocycles. The van der Waals surface area contributed by atoms with E-state index in [1.807, 2.05) is 12.1 Å². The Kier molecular flexibility index (Phi) is 4.94. The molecule has 160 valence electrons. The molecule has 30 heavy (non-hydrogen) atoms. The predicted octanol–water partition coefficient (Wildman–Crippen LogP) is 2.14. The first-order valence-corrected chi connectivity index (χ1v) is 11.4. The van der Waals surface area contributed by atoms with E-state index in [9.17, 15) is 8.42 Å². The van der Waals surface area contributed by atoms with Gasteiger partial charge in [-0.05, 0) is 36.0 Å². The second kappa shape index (κ2) is 7.21. The van der Waals surface area contributed by atoms with Crippen molar-refractivity contribution in [3.8, 4) is 0 Å². The number of nitrogen functional groups attached to an aromatic ring is 2. The molecule has 1 aliphatic rings. The fourth-order valence-electron chi connectivity index (χ4n) is 3.91. The van der Waals surface area contributed by atoms with Crippen LogP contribution in [0.1, 0.15) is 39.2 Å². The molecule has 4 rings (SSSR count). The first kappa shape index (κ1) is 20.5. The molecule has 0 aliphatic carbocycles. The Balaban J connectivity index is 1.62. The van der Waals surface area contributed by atoms with Crippen molar-refractivity contribution in [2.24, 2.45) is 0 Å². The van der Waals surface area contributed by atoms with Crippen LogP contribution in [0.5, 0.6) is 0 Å². The minimum Gasteiger partial charge on any atom is -0.382 e. The molecular weight excluding hydrogens is 402 g/mol. The maximum atomic E-state index is 13.3. The Hall–Kier alpha value is -2.72. The van der Waals surface area contributed by atoms with E-state index in [0.717, 1.165) is 18.4 Å². The van der Waals surface area contributed by atoms with E-state index in [1.165, 1.54) is 0 Å². The van der Waals surface area contributed by atoms with Crippen molar-refractivity contribution < 1.29 is 8.42 Å². The topological polar surface area (TPSA) is 133 Å². The van der Waals surface area contributed by atoms with Gasteiger partial charge in [0.25, 0.3) is 0 Å². The molecule has 0 radical (unpaired) electrons. The lowest BCUT2D eigenvalue weighted by Crippen LogP contribution is -2.38. The van der Waals surface area contributed by atoms with Crippen LogP contribution in [0.3, 0.4) is 0 Å². The van der Waals surface area contributed by atoms with Gasteiger partial charge in [0, 0.05) is 19.1 Å². The third-order valence-corrected chi connectivity index (χ3v) is 7.53. The number of anilines is 2. The molecule has 1 atom stereocenters. The molecule has 1 aliphatic heterocycles. The highest BCUT2D eigenvalue weighted by molar-refractivity contribution is 7.89. The number of aromatic nitrogens is 4. The third kappa shape index (κ3) is 3.61. The SMILES string of the molecule is CC(C)(C)c1ccc(S(=O)(=O)N2CCCC2Cn2cnc3c(N)nc(N)nc32)cc1. The second-order valence-electron chi connectivity index (χ2n) is 8.72. The van der Waals surface area contributed by atoms with Crippen molar-refractivity contribution in [3.63, 3.8) is 0 Å². The highest BCUT2D eigenvalue weighted by atomic mass is 32.2. The van der Waals surface area contributed by atoms with Crippen LogP contribution >= 0.6 is 0 Å². The molecule has 3 heterocycles. The molecule has 0 saturated carbocycles. The van der Waals surface area contributed by atoms with Crippen LogP contribution in [-0.4, -0.2) is 44.8 Å². The Labute approximate surface area is 176 Å². The van der Waals surface area contributed by atoms with Gasteiger partial charge in [0.05, 0.1) is 11.2 Å². The van der Waals surface area contributed by atoms with Crippen molar-refractivity contribution in [1.82, 2.24) is 23.8 Å². The molecule has 1 aromatic carbocycles. The molecule has 0 amide bonds. The normalized spacial score (nSPS) is 18.3. The highest BCUT2D eigenvalue weighted by Gasteiger charge is 2.36. The van der Waals surface area contributed by atoms with Crippen LogP contribution in [0.2, 0.25) is 0 Å². The number of fused-ring (bicyclic) bond motifs is 1. The summed E-state index contributed by atoms with van der Waals surface area (Å²) < 4.78 is 30.1. The average molecular weight is 430 g/mol. The van der Waals surface area contributed by atoms with E-state index in [-0.39, 0.29) is 23.2 Å². The van der Waals surface area contributed by atoms with E-state index in [2.05, 4.69) is 35.7 Å². The van der Waals surface area contributed by atoms with Gasteiger partial charge in [-0.2, -0.15) is 14.3 Å². The second-order valence-corrected chi connectivity index (χ2v) is 10.6. The molecule has 1 unspecified atom stereocenters. The Morgan fingerprint density at radius 1 is 1.13 bits per heavy atom. The average Bonchev–Trinajstić information content (AvgIpc) is 3.29. The van der Waals surface area contributed by atoms with Crippen LogP contribution in [0.15, 0.2) is 35.5 Å². The number of benzene rings is 1. The maximum Gasteiger partial charge on any atom is 0.243 e. The van der Waals surface area contributed by atoms with Gasteiger partial charge in [-0.25, -0.2) is 13.4 Å². The number of hydrogen-bond donors (Lipinski definition) is 2. The fourth-order valence-corrected chi connectivity index (χ4v) is 5.60. The standard InChI is InChI=1S/C20H27N7O2S/c1-20(2,3)13-6-8-15(9-7-13)30(28,29)27-10-4-5-14(27)11-26-12-23-16-17(21)24-19(22)25-18(16)26/h6-9,12,14H,4-5,10-11H2,1-3H3,(H4,21,22,24,25). The van der Waals surface area contributed by atoms with Crippen molar-refractivity contribution in [2.45, 2.75) is 56.5 Å². The van der Waals surface area contributed by atoms with Crippen molar-refractivity contribution in [1.29, 1.82) is 0 Å². The van der Waals surface area contributed by atoms with Crippen LogP contribution in [0.4, 0.5) is 11.8 Å². The summed E-state index contributed by atoms with van der Waals surface area (Å²) in [4.78, 5) is 12.7. The monoisotopic (exact) mass is 429 g/mol. The number of imidazole rings is 1. The van der Waals surface area contributed by atoms with Gasteiger partial charge in [-0.3, -0.25) is 0 Å². The summed E-state index contributed by atoms with van der Waals surface area (Å²) in [5, 5.41) is 0. The van der Waals surface area contributed by atoms with E-state index >= 15 is 0 Å². The van der Waals surface area contributed by atoms with Gasteiger partial charge < -0.3 is 16.0 Å². The Morgan fingerprint density at radius 3 is 2.50 bits per heavy atom. The summed E-state index contributed by atoms with van der Waals surface area (Å²) in [5.74, 6) is 0.280. The lowest BCUT2D eigenvalue weighted by Gasteiger charge is -2.25. The van der Waals surface area contributed by atoms with Crippen LogP contribution in [0, 0.1) is 0 Å². The third-order valence-electron chi connectivity index (χ3n) is 5.57. The molecule has 0 bridgehead atoms. The molecule has 9 nitrogen and oxygen atoms in total. The van der Waals surface area contributed by atoms with Gasteiger partial charge in [0.2, 0.25) is 16.0 Å². The summed E-state index contributed by atoms with van der Waals surface area (Å²) >= 11 is 0. The zero-order valence-corrected chi connectivity index (χ0v) is 18.2. The number of rotatable bonds is 4. The number of hydrogen-bond acceptors (Lipinski definition) is 7. The van der Waals surface area contributed by atoms with Crippen LogP contribution in [-0.2, 0) is 22.0 Å². The first-order valence-electron chi connectivity index (χ1n) is 9.93. The highest BCUT2D eigenvalue weighted by Crippen LogP contribution is 2.30. The van der Waals surface area contributed by atoms with Crippen molar-refractivity contribution in [2.75, 3.05) is 18.0 Å². The summed E-state index contributed by atoms with van der Waals surface area (Å²) in [7, 11) is -3.61. The van der Waals surface area contributed by atoms with Gasteiger partial charge >= 0.3 is 0 Å². The summed E-state index contributed by atoms with van der Waals surface area (Å²) in [6.07, 6.45) is 3.17. The van der Waals surface area contributed by atoms with Crippen molar-refractivity contribution >= 4 is 33.0 Å².